The lowest BCUT2D eigenvalue weighted by molar-refractivity contribution is 0.211. The largest absolute Gasteiger partial charge is 0.410 e. The molecule has 0 fully saturated rings. The molecule has 2 heterocycles. The zero-order chi connectivity index (χ0) is 19.2. The molecule has 3 rings (SSSR count). The van der Waals surface area contributed by atoms with E-state index >= 15 is 0 Å². The topological polar surface area (TPSA) is 109 Å². The number of likely N-dealkylation sites (N-methyl/N-ethyl adjacent to an activating group) is 1. The summed E-state index contributed by atoms with van der Waals surface area (Å²) in [5, 5.41) is 3.34. The number of rotatable bonds is 8. The van der Waals surface area contributed by atoms with Crippen molar-refractivity contribution >= 4 is 22.9 Å². The number of anilines is 1. The molecule has 1 amide bonds. The minimum absolute atomic E-state index is 0.328. The number of aromatic amines is 1. The summed E-state index contributed by atoms with van der Waals surface area (Å²) < 4.78 is 5.02. The van der Waals surface area contributed by atoms with E-state index in [-0.39, 0.29) is 0 Å². The average molecular weight is 368 g/mol. The molecule has 3 aromatic rings. The minimum atomic E-state index is -0.865. The number of nitrogens with two attached hydrogens (primary N) is 1. The fourth-order valence-electron chi connectivity index (χ4n) is 2.89. The van der Waals surface area contributed by atoms with Gasteiger partial charge in [0.05, 0.1) is 5.52 Å². The molecule has 0 radical (unpaired) electrons. The first-order valence-electron chi connectivity index (χ1n) is 8.99. The Labute approximate surface area is 157 Å². The van der Waals surface area contributed by atoms with Crippen LogP contribution in [-0.4, -0.2) is 52.1 Å². The van der Waals surface area contributed by atoms with Gasteiger partial charge in [0.25, 0.3) is 0 Å². The third-order valence-corrected chi connectivity index (χ3v) is 4.35. The number of nitrogens with one attached hydrogen (secondary N) is 2. The van der Waals surface area contributed by atoms with E-state index in [2.05, 4.69) is 39.0 Å². The van der Waals surface area contributed by atoms with Crippen molar-refractivity contribution in [3.63, 3.8) is 0 Å². The summed E-state index contributed by atoms with van der Waals surface area (Å²) in [5.41, 5.74) is 7.32. The van der Waals surface area contributed by atoms with Gasteiger partial charge < -0.3 is 25.7 Å². The van der Waals surface area contributed by atoms with Crippen LogP contribution in [0.3, 0.4) is 0 Å². The first-order valence-corrected chi connectivity index (χ1v) is 8.99. The van der Waals surface area contributed by atoms with Gasteiger partial charge in [0.2, 0.25) is 0 Å². The molecule has 8 nitrogen and oxygen atoms in total. The molecule has 4 N–H and O–H groups in total. The van der Waals surface area contributed by atoms with Crippen LogP contribution in [0.4, 0.5) is 10.6 Å². The summed E-state index contributed by atoms with van der Waals surface area (Å²) in [6.07, 6.45) is 0.874. The zero-order valence-corrected chi connectivity index (χ0v) is 15.5. The van der Waals surface area contributed by atoms with E-state index in [0.29, 0.717) is 17.1 Å². The average Bonchev–Trinajstić information content (AvgIpc) is 3.11. The predicted molar refractivity (Wildman–Crippen MR) is 106 cm³/mol. The number of nitrogens with zero attached hydrogens (tertiary/aromatic N) is 3. The van der Waals surface area contributed by atoms with E-state index in [4.69, 9.17) is 10.5 Å². The maximum atomic E-state index is 11.1. The maximum Gasteiger partial charge on any atom is 0.410 e. The third kappa shape index (κ3) is 4.53. The summed E-state index contributed by atoms with van der Waals surface area (Å²) in [4.78, 5) is 25.6. The van der Waals surface area contributed by atoms with Gasteiger partial charge in [-0.1, -0.05) is 19.9 Å². The summed E-state index contributed by atoms with van der Waals surface area (Å²) in [6.45, 7) is 8.13. The molecule has 0 aliphatic heterocycles. The highest BCUT2D eigenvalue weighted by Gasteiger charge is 2.12. The van der Waals surface area contributed by atoms with Crippen LogP contribution in [0.25, 0.3) is 22.4 Å². The van der Waals surface area contributed by atoms with E-state index in [9.17, 15) is 4.79 Å². The molecule has 0 aliphatic rings. The van der Waals surface area contributed by atoms with Gasteiger partial charge >= 0.3 is 6.09 Å². The van der Waals surface area contributed by atoms with Crippen molar-refractivity contribution in [2.24, 2.45) is 5.73 Å². The molecule has 8 heteroatoms. The molecule has 0 atom stereocenters. The van der Waals surface area contributed by atoms with E-state index < -0.39 is 6.09 Å². The Bertz CT molecular complexity index is 919. The van der Waals surface area contributed by atoms with Gasteiger partial charge in [0.1, 0.15) is 17.2 Å². The Morgan fingerprint density at radius 2 is 2.11 bits per heavy atom. The van der Waals surface area contributed by atoms with E-state index in [1.807, 2.05) is 18.2 Å². The monoisotopic (exact) mass is 368 g/mol. The molecular formula is C19H24N6O2. The number of ether oxygens (including phenoxy) is 1. The zero-order valence-electron chi connectivity index (χ0n) is 15.5. The van der Waals surface area contributed by atoms with Gasteiger partial charge in [-0.05, 0) is 37.4 Å². The molecule has 0 saturated carbocycles. The van der Waals surface area contributed by atoms with Crippen LogP contribution >= 0.6 is 0 Å². The number of fused-ring (bicyclic) bond motifs is 1. The molecule has 1 aromatic carbocycles. The van der Waals surface area contributed by atoms with Gasteiger partial charge in [-0.25, -0.2) is 14.8 Å². The van der Waals surface area contributed by atoms with E-state index in [1.54, 1.807) is 18.3 Å². The van der Waals surface area contributed by atoms with Crippen molar-refractivity contribution in [3.05, 3.63) is 36.5 Å². The smallest absolute Gasteiger partial charge is 0.408 e. The number of carbonyl (C=O) groups is 1. The summed E-state index contributed by atoms with van der Waals surface area (Å²) >= 11 is 0. The first kappa shape index (κ1) is 18.7. The number of hydrogen-bond acceptors (Lipinski definition) is 6. The number of H-pyrrole nitrogens is 1. The van der Waals surface area contributed by atoms with Crippen LogP contribution in [0.1, 0.15) is 13.8 Å². The van der Waals surface area contributed by atoms with Crippen molar-refractivity contribution < 1.29 is 9.53 Å². The van der Waals surface area contributed by atoms with E-state index in [1.165, 1.54) is 0 Å². The Kier molecular flexibility index (Phi) is 5.87. The molecule has 0 aliphatic carbocycles. The maximum absolute atomic E-state index is 11.1. The highest BCUT2D eigenvalue weighted by Crippen LogP contribution is 2.27. The Morgan fingerprint density at radius 3 is 2.85 bits per heavy atom. The second-order valence-corrected chi connectivity index (χ2v) is 6.04. The molecular weight excluding hydrogens is 344 g/mol. The third-order valence-electron chi connectivity index (χ3n) is 4.35. The fraction of sp³-hybridized carbons (Fsp3) is 0.316. The summed E-state index contributed by atoms with van der Waals surface area (Å²) in [5.74, 6) is 1.78. The van der Waals surface area contributed by atoms with Crippen LogP contribution in [0.5, 0.6) is 5.75 Å². The highest BCUT2D eigenvalue weighted by molar-refractivity contribution is 5.87. The molecule has 2 aromatic heterocycles. The van der Waals surface area contributed by atoms with Crippen molar-refractivity contribution in [2.45, 2.75) is 13.8 Å². The number of imidazole rings is 1. The van der Waals surface area contributed by atoms with Crippen molar-refractivity contribution in [1.29, 1.82) is 0 Å². The van der Waals surface area contributed by atoms with Gasteiger partial charge in [-0.15, -0.1) is 0 Å². The van der Waals surface area contributed by atoms with Crippen LogP contribution in [-0.2, 0) is 0 Å². The number of pyridine rings is 1. The highest BCUT2D eigenvalue weighted by atomic mass is 16.5. The lowest BCUT2D eigenvalue weighted by Crippen LogP contribution is -2.28. The second-order valence-electron chi connectivity index (χ2n) is 6.04. The number of para-hydroxylation sites is 1. The Morgan fingerprint density at radius 1 is 1.30 bits per heavy atom. The predicted octanol–water partition coefficient (Wildman–Crippen LogP) is 2.84. The van der Waals surface area contributed by atoms with Gasteiger partial charge in [-0.2, -0.15) is 0 Å². The molecule has 0 unspecified atom stereocenters. The number of hydrogen-bond donors (Lipinski definition) is 3. The Hall–Kier alpha value is -3.13. The van der Waals surface area contributed by atoms with Gasteiger partial charge in [0, 0.05) is 24.8 Å². The van der Waals surface area contributed by atoms with Crippen molar-refractivity contribution in [2.75, 3.05) is 31.5 Å². The number of amides is 1. The van der Waals surface area contributed by atoms with E-state index in [0.717, 1.165) is 43.1 Å². The lowest BCUT2D eigenvalue weighted by Gasteiger charge is -2.18. The molecule has 0 bridgehead atoms. The van der Waals surface area contributed by atoms with Crippen LogP contribution in [0.15, 0.2) is 36.5 Å². The number of primary amides is 1. The van der Waals surface area contributed by atoms with Crippen LogP contribution in [0, 0.1) is 0 Å². The van der Waals surface area contributed by atoms with Crippen molar-refractivity contribution in [1.82, 2.24) is 19.9 Å². The second kappa shape index (κ2) is 8.50. The summed E-state index contributed by atoms with van der Waals surface area (Å²) in [7, 11) is 0. The quantitative estimate of drug-likeness (QED) is 0.564. The van der Waals surface area contributed by atoms with Crippen LogP contribution in [0.2, 0.25) is 0 Å². The fourth-order valence-corrected chi connectivity index (χ4v) is 2.89. The number of aromatic nitrogens is 3. The Balaban J connectivity index is 1.79. The first-order chi connectivity index (χ1) is 13.1. The standard InChI is InChI=1S/C19H24N6O2/c1-3-25(4-2)11-10-22-16-12-13(8-9-21-16)18-23-14-6-5-7-15(17(14)24-18)27-19(20)26/h5-9,12H,3-4,10-11H2,1-2H3,(H2,20,26)(H,21,22)(H,23,24). The molecule has 27 heavy (non-hydrogen) atoms. The number of benzene rings is 1. The SMILES string of the molecule is CCN(CC)CCNc1cc(-c2nc3c(OC(N)=O)cccc3[nH]2)ccn1. The van der Waals surface area contributed by atoms with Gasteiger partial charge in [-0.3, -0.25) is 0 Å². The van der Waals surface area contributed by atoms with Crippen LogP contribution < -0.4 is 15.8 Å². The van der Waals surface area contributed by atoms with Gasteiger partial charge in [0.15, 0.2) is 5.75 Å². The molecule has 142 valence electrons. The van der Waals surface area contributed by atoms with Crippen molar-refractivity contribution in [3.8, 4) is 17.1 Å². The number of carbonyl (C=O) groups excluding carboxylic acids is 1. The minimum Gasteiger partial charge on any atom is -0.408 e. The lowest BCUT2D eigenvalue weighted by atomic mass is 10.2. The molecule has 0 spiro atoms. The molecule has 0 saturated heterocycles. The summed E-state index contributed by atoms with van der Waals surface area (Å²) in [6, 6.07) is 9.11. The normalized spacial score (nSPS) is 11.1.